The highest BCUT2D eigenvalue weighted by Gasteiger charge is 2.55. The van der Waals surface area contributed by atoms with E-state index in [2.05, 4.69) is 20.2 Å². The number of amides is 1. The number of nitrogens with zero attached hydrogens (tertiary/aromatic N) is 6. The Balaban J connectivity index is 1.42. The molecule has 1 amide bonds. The summed E-state index contributed by atoms with van der Waals surface area (Å²) < 4.78 is 7.64. The molecule has 1 saturated carbocycles. The number of aromatic nitrogens is 4. The zero-order valence-electron chi connectivity index (χ0n) is 16.7. The first-order valence-electron chi connectivity index (χ1n) is 10.4. The van der Waals surface area contributed by atoms with Crippen molar-refractivity contribution in [3.8, 4) is 0 Å². The van der Waals surface area contributed by atoms with Crippen molar-refractivity contribution in [2.45, 2.75) is 50.5 Å². The molecule has 2 aliphatic heterocycles. The van der Waals surface area contributed by atoms with Crippen molar-refractivity contribution in [3.05, 3.63) is 29.7 Å². The molecule has 0 unspecified atom stereocenters. The van der Waals surface area contributed by atoms with Gasteiger partial charge in [-0.05, 0) is 19.3 Å². The van der Waals surface area contributed by atoms with E-state index in [0.29, 0.717) is 30.0 Å². The smallest absolute Gasteiger partial charge is 0.257 e. The van der Waals surface area contributed by atoms with Gasteiger partial charge in [0.2, 0.25) is 11.8 Å². The molecule has 8 nitrogen and oxygen atoms in total. The van der Waals surface area contributed by atoms with Gasteiger partial charge >= 0.3 is 0 Å². The fourth-order valence-electron chi connectivity index (χ4n) is 5.51. The quantitative estimate of drug-likeness (QED) is 0.802. The van der Waals surface area contributed by atoms with Gasteiger partial charge in [-0.25, -0.2) is 0 Å². The first-order chi connectivity index (χ1) is 13.5. The molecule has 2 aromatic heterocycles. The molecule has 2 aromatic rings. The Morgan fingerprint density at radius 2 is 2.07 bits per heavy atom. The Labute approximate surface area is 164 Å². The van der Waals surface area contributed by atoms with Crippen LogP contribution in [-0.4, -0.2) is 67.9 Å². The molecule has 0 bridgehead atoms. The average molecular weight is 384 g/mol. The predicted molar refractivity (Wildman–Crippen MR) is 102 cm³/mol. The van der Waals surface area contributed by atoms with Gasteiger partial charge < -0.3 is 9.32 Å². The molecule has 2 saturated heterocycles. The minimum absolute atomic E-state index is 0.0720. The van der Waals surface area contributed by atoms with Crippen LogP contribution in [0, 0.1) is 12.8 Å². The van der Waals surface area contributed by atoms with Crippen LogP contribution >= 0.6 is 0 Å². The van der Waals surface area contributed by atoms with Gasteiger partial charge in [-0.15, -0.1) is 10.2 Å². The van der Waals surface area contributed by atoms with Crippen molar-refractivity contribution in [2.24, 2.45) is 13.0 Å². The monoisotopic (exact) mass is 384 g/mol. The largest absolute Gasteiger partial charge is 0.425 e. The highest BCUT2D eigenvalue weighted by Crippen LogP contribution is 2.46. The third-order valence-corrected chi connectivity index (χ3v) is 7.02. The molecular formula is C20H28N6O2. The molecule has 150 valence electrons. The number of piperidine rings is 1. The number of hydrogen-bond acceptors (Lipinski definition) is 6. The van der Waals surface area contributed by atoms with Crippen molar-refractivity contribution in [2.75, 3.05) is 26.2 Å². The normalized spacial score (nSPS) is 28.8. The van der Waals surface area contributed by atoms with Crippen LogP contribution in [0.3, 0.4) is 0 Å². The Hall–Kier alpha value is -2.22. The summed E-state index contributed by atoms with van der Waals surface area (Å²) in [6, 6.07) is 0.661. The highest BCUT2D eigenvalue weighted by molar-refractivity contribution is 5.93. The molecular weight excluding hydrogens is 356 g/mol. The maximum Gasteiger partial charge on any atom is 0.257 e. The van der Waals surface area contributed by atoms with E-state index in [1.807, 2.05) is 18.9 Å². The molecule has 0 N–H and O–H groups in total. The molecule has 4 heterocycles. The zero-order chi connectivity index (χ0) is 19.3. The summed E-state index contributed by atoms with van der Waals surface area (Å²) in [7, 11) is 1.84. The van der Waals surface area contributed by atoms with Gasteiger partial charge in [-0.1, -0.05) is 12.8 Å². The topological polar surface area (TPSA) is 80.3 Å². The summed E-state index contributed by atoms with van der Waals surface area (Å²) in [5.41, 5.74) is 0.532. The summed E-state index contributed by atoms with van der Waals surface area (Å²) in [4.78, 5) is 17.6. The molecule has 2 atom stereocenters. The van der Waals surface area contributed by atoms with Crippen molar-refractivity contribution < 1.29 is 9.21 Å². The molecule has 28 heavy (non-hydrogen) atoms. The van der Waals surface area contributed by atoms with E-state index in [4.69, 9.17) is 4.42 Å². The molecule has 0 radical (unpaired) electrons. The zero-order valence-corrected chi connectivity index (χ0v) is 16.7. The first-order valence-corrected chi connectivity index (χ1v) is 10.4. The number of carbonyl (C=O) groups is 1. The lowest BCUT2D eigenvalue weighted by Crippen LogP contribution is -2.51. The fraction of sp³-hybridized carbons (Fsp3) is 0.700. The molecule has 1 aliphatic carbocycles. The van der Waals surface area contributed by atoms with Gasteiger partial charge in [0.15, 0.2) is 0 Å². The summed E-state index contributed by atoms with van der Waals surface area (Å²) in [6.07, 6.45) is 9.53. The first kappa shape index (κ1) is 17.8. The van der Waals surface area contributed by atoms with Crippen molar-refractivity contribution in [3.63, 3.8) is 0 Å². The maximum atomic E-state index is 13.0. The van der Waals surface area contributed by atoms with Crippen LogP contribution in [0.1, 0.15) is 54.2 Å². The Morgan fingerprint density at radius 1 is 1.25 bits per heavy atom. The number of rotatable bonds is 3. The molecule has 5 rings (SSSR count). The highest BCUT2D eigenvalue weighted by atomic mass is 16.4. The number of aryl methyl sites for hydroxylation is 2. The second-order valence-corrected chi connectivity index (χ2v) is 8.75. The average Bonchev–Trinajstić information content (AvgIpc) is 3.46. The molecule has 3 aliphatic rings. The number of likely N-dealkylation sites (tertiary alicyclic amines) is 2. The fourth-order valence-corrected chi connectivity index (χ4v) is 5.51. The van der Waals surface area contributed by atoms with Gasteiger partial charge in [-0.2, -0.15) is 5.10 Å². The number of carbonyl (C=O) groups excluding carboxylic acids is 1. The van der Waals surface area contributed by atoms with Crippen LogP contribution in [0.25, 0.3) is 0 Å². The van der Waals surface area contributed by atoms with E-state index in [-0.39, 0.29) is 11.3 Å². The lowest BCUT2D eigenvalue weighted by atomic mass is 9.72. The van der Waals surface area contributed by atoms with E-state index in [0.717, 1.165) is 31.9 Å². The number of fused-ring (bicyclic) bond motifs is 1. The van der Waals surface area contributed by atoms with Crippen LogP contribution in [0.2, 0.25) is 0 Å². The van der Waals surface area contributed by atoms with Crippen LogP contribution in [0.4, 0.5) is 0 Å². The summed E-state index contributed by atoms with van der Waals surface area (Å²) in [5.74, 6) is 1.78. The second-order valence-electron chi connectivity index (χ2n) is 8.75. The summed E-state index contributed by atoms with van der Waals surface area (Å²) >= 11 is 0. The predicted octanol–water partition coefficient (Wildman–Crippen LogP) is 1.77. The Morgan fingerprint density at radius 3 is 2.75 bits per heavy atom. The molecule has 0 aromatic carbocycles. The van der Waals surface area contributed by atoms with Crippen molar-refractivity contribution >= 4 is 5.91 Å². The third kappa shape index (κ3) is 2.85. The van der Waals surface area contributed by atoms with Crippen molar-refractivity contribution in [1.29, 1.82) is 0 Å². The van der Waals surface area contributed by atoms with Gasteiger partial charge in [0.25, 0.3) is 5.91 Å². The van der Waals surface area contributed by atoms with Gasteiger partial charge in [0.05, 0.1) is 17.2 Å². The van der Waals surface area contributed by atoms with Gasteiger partial charge in [0, 0.05) is 58.3 Å². The standard InChI is InChI=1S/C20H28N6O2/c1-14-22-23-19(28-14)20-7-8-25(18(27)15-9-21-24(2)10-15)11-16(20)12-26(13-20)17-5-3-4-6-17/h9-10,16-17H,3-8,11-13H2,1-2H3/t16-,20-/m0/s1. The van der Waals surface area contributed by atoms with Crippen LogP contribution in [-0.2, 0) is 12.5 Å². The summed E-state index contributed by atoms with van der Waals surface area (Å²) in [6.45, 7) is 5.28. The van der Waals surface area contributed by atoms with Gasteiger partial charge in [0.1, 0.15) is 0 Å². The van der Waals surface area contributed by atoms with E-state index < -0.39 is 0 Å². The summed E-state index contributed by atoms with van der Waals surface area (Å²) in [5, 5.41) is 12.7. The van der Waals surface area contributed by atoms with E-state index in [9.17, 15) is 4.79 Å². The third-order valence-electron chi connectivity index (χ3n) is 7.02. The number of hydrogen-bond donors (Lipinski definition) is 0. The van der Waals surface area contributed by atoms with Crippen LogP contribution < -0.4 is 0 Å². The SMILES string of the molecule is Cc1nnc([C@]23CCN(C(=O)c4cnn(C)c4)C[C@H]2CN(C2CCCC2)C3)o1. The van der Waals surface area contributed by atoms with E-state index in [1.54, 1.807) is 17.1 Å². The molecule has 3 fully saturated rings. The lowest BCUT2D eigenvalue weighted by molar-refractivity contribution is 0.0567. The maximum absolute atomic E-state index is 13.0. The minimum atomic E-state index is -0.129. The molecule has 8 heteroatoms. The van der Waals surface area contributed by atoms with Crippen LogP contribution in [0.5, 0.6) is 0 Å². The minimum Gasteiger partial charge on any atom is -0.425 e. The van der Waals surface area contributed by atoms with Gasteiger partial charge in [-0.3, -0.25) is 14.4 Å². The molecule has 0 spiro atoms. The van der Waals surface area contributed by atoms with Crippen LogP contribution in [0.15, 0.2) is 16.8 Å². The Bertz CT molecular complexity index is 870. The lowest BCUT2D eigenvalue weighted by Gasteiger charge is -2.41. The van der Waals surface area contributed by atoms with Crippen molar-refractivity contribution in [1.82, 2.24) is 29.8 Å². The second kappa shape index (κ2) is 6.69. The van der Waals surface area contributed by atoms with E-state index >= 15 is 0 Å². The van der Waals surface area contributed by atoms with E-state index in [1.165, 1.54) is 25.7 Å². The Kier molecular flexibility index (Phi) is 4.26.